The lowest BCUT2D eigenvalue weighted by molar-refractivity contribution is 0.559. The quantitative estimate of drug-likeness (QED) is 0.572. The summed E-state index contributed by atoms with van der Waals surface area (Å²) in [5, 5.41) is 16.1. The van der Waals surface area contributed by atoms with E-state index in [0.717, 1.165) is 0 Å². The first kappa shape index (κ1) is 12.9. The number of aromatic nitrogens is 3. The van der Waals surface area contributed by atoms with Gasteiger partial charge in [0.05, 0.1) is 25.0 Å². The van der Waals surface area contributed by atoms with E-state index in [9.17, 15) is 0 Å². The van der Waals surface area contributed by atoms with Gasteiger partial charge in [0.15, 0.2) is 5.82 Å². The molecule has 0 bridgehead atoms. The van der Waals surface area contributed by atoms with Crippen LogP contribution in [0.3, 0.4) is 0 Å². The first-order chi connectivity index (χ1) is 10.3. The molecule has 21 heavy (non-hydrogen) atoms. The monoisotopic (exact) mass is 284 g/mol. The predicted molar refractivity (Wildman–Crippen MR) is 76.4 cm³/mol. The lowest BCUT2D eigenvalue weighted by Gasteiger charge is -1.99. The normalized spacial score (nSPS) is 11.7. The molecule has 0 saturated carbocycles. The number of furan rings is 2. The van der Waals surface area contributed by atoms with Crippen molar-refractivity contribution in [2.75, 3.05) is 5.43 Å². The van der Waals surface area contributed by atoms with Crippen LogP contribution in [0.5, 0.6) is 0 Å². The molecule has 0 saturated heterocycles. The van der Waals surface area contributed by atoms with Gasteiger partial charge >= 0.3 is 0 Å². The molecule has 3 rings (SSSR count). The van der Waals surface area contributed by atoms with Crippen molar-refractivity contribution in [2.24, 2.45) is 10.2 Å². The van der Waals surface area contributed by atoms with Gasteiger partial charge in [-0.15, -0.1) is 10.2 Å². The molecule has 0 spiro atoms. The minimum Gasteiger partial charge on any atom is -0.463 e. The Bertz CT molecular complexity index is 740. The Balaban J connectivity index is 1.74. The summed E-state index contributed by atoms with van der Waals surface area (Å²) >= 11 is 0. The van der Waals surface area contributed by atoms with Crippen LogP contribution in [-0.2, 0) is 0 Å². The molecule has 3 heterocycles. The van der Waals surface area contributed by atoms with Crippen molar-refractivity contribution in [3.8, 4) is 0 Å². The van der Waals surface area contributed by atoms with Crippen LogP contribution in [0, 0.1) is 6.92 Å². The summed E-state index contributed by atoms with van der Waals surface area (Å²) < 4.78 is 11.8. The average Bonchev–Trinajstić information content (AvgIpc) is 3.20. The fourth-order valence-corrected chi connectivity index (χ4v) is 1.56. The van der Waals surface area contributed by atoms with Crippen molar-refractivity contribution >= 4 is 18.4 Å². The van der Waals surface area contributed by atoms with Crippen LogP contribution in [0.2, 0.25) is 0 Å². The molecule has 0 radical (unpaired) electrons. The second-order valence-corrected chi connectivity index (χ2v) is 4.03. The molecule has 8 heteroatoms. The van der Waals surface area contributed by atoms with Crippen molar-refractivity contribution in [1.82, 2.24) is 14.9 Å². The van der Waals surface area contributed by atoms with Crippen molar-refractivity contribution in [3.05, 3.63) is 54.1 Å². The lowest BCUT2D eigenvalue weighted by atomic mass is 10.5. The molecule has 0 aliphatic heterocycles. The first-order valence-corrected chi connectivity index (χ1v) is 6.15. The van der Waals surface area contributed by atoms with Gasteiger partial charge in [-0.3, -0.25) is 0 Å². The van der Waals surface area contributed by atoms with Crippen molar-refractivity contribution < 1.29 is 8.83 Å². The van der Waals surface area contributed by atoms with Gasteiger partial charge < -0.3 is 8.83 Å². The van der Waals surface area contributed by atoms with Crippen molar-refractivity contribution in [3.63, 3.8) is 0 Å². The third-order valence-corrected chi connectivity index (χ3v) is 2.54. The summed E-state index contributed by atoms with van der Waals surface area (Å²) in [5.41, 5.74) is 2.76. The SMILES string of the molecule is Cc1nnc(NN=Cc2ccco2)n1N=Cc1ccco1. The molecule has 0 fully saturated rings. The Labute approximate surface area is 119 Å². The van der Waals surface area contributed by atoms with Crippen LogP contribution in [0.25, 0.3) is 0 Å². The smallest absolute Gasteiger partial charge is 0.266 e. The minimum atomic E-state index is 0.387. The Morgan fingerprint density at radius 3 is 2.48 bits per heavy atom. The van der Waals surface area contributed by atoms with Gasteiger partial charge in [-0.2, -0.15) is 14.9 Å². The third kappa shape index (κ3) is 3.06. The zero-order valence-corrected chi connectivity index (χ0v) is 11.2. The molecule has 8 nitrogen and oxygen atoms in total. The Morgan fingerprint density at radius 2 is 1.81 bits per heavy atom. The second kappa shape index (κ2) is 5.87. The van der Waals surface area contributed by atoms with Gasteiger partial charge in [-0.25, -0.2) is 5.43 Å². The van der Waals surface area contributed by atoms with Crippen LogP contribution in [0.4, 0.5) is 5.95 Å². The maximum Gasteiger partial charge on any atom is 0.266 e. The van der Waals surface area contributed by atoms with Crippen LogP contribution < -0.4 is 5.43 Å². The van der Waals surface area contributed by atoms with Gasteiger partial charge in [0.2, 0.25) is 0 Å². The molecule has 0 amide bonds. The highest BCUT2D eigenvalue weighted by atomic mass is 16.3. The van der Waals surface area contributed by atoms with Gasteiger partial charge in [0.25, 0.3) is 5.95 Å². The summed E-state index contributed by atoms with van der Waals surface area (Å²) in [4.78, 5) is 0. The Kier molecular flexibility index (Phi) is 3.59. The van der Waals surface area contributed by atoms with E-state index in [1.807, 2.05) is 0 Å². The van der Waals surface area contributed by atoms with Crippen LogP contribution in [0.1, 0.15) is 17.3 Å². The molecule has 3 aromatic rings. The number of hydrogen-bond acceptors (Lipinski definition) is 7. The maximum absolute atomic E-state index is 5.18. The largest absolute Gasteiger partial charge is 0.463 e. The van der Waals surface area contributed by atoms with Gasteiger partial charge in [0, 0.05) is 0 Å². The lowest BCUT2D eigenvalue weighted by Crippen LogP contribution is -2.01. The number of nitrogens with one attached hydrogen (secondary N) is 1. The van der Waals surface area contributed by atoms with E-state index in [2.05, 4.69) is 25.8 Å². The van der Waals surface area contributed by atoms with Crippen molar-refractivity contribution in [1.29, 1.82) is 0 Å². The molecule has 0 aliphatic carbocycles. The van der Waals surface area contributed by atoms with E-state index >= 15 is 0 Å². The third-order valence-electron chi connectivity index (χ3n) is 2.54. The molecule has 1 N–H and O–H groups in total. The predicted octanol–water partition coefficient (Wildman–Crippen LogP) is 2.10. The maximum atomic E-state index is 5.18. The van der Waals surface area contributed by atoms with Crippen molar-refractivity contribution in [2.45, 2.75) is 6.92 Å². The van der Waals surface area contributed by atoms with Gasteiger partial charge in [0.1, 0.15) is 11.5 Å². The van der Waals surface area contributed by atoms with E-state index in [-0.39, 0.29) is 0 Å². The summed E-state index contributed by atoms with van der Waals surface area (Å²) in [5.74, 6) is 2.27. The van der Waals surface area contributed by atoms with E-state index in [1.165, 1.54) is 10.9 Å². The molecule has 0 aliphatic rings. The zero-order chi connectivity index (χ0) is 14.5. The Hall–Kier alpha value is -3.16. The summed E-state index contributed by atoms with van der Waals surface area (Å²) in [6, 6.07) is 7.15. The summed E-state index contributed by atoms with van der Waals surface area (Å²) in [7, 11) is 0. The first-order valence-electron chi connectivity index (χ1n) is 6.15. The van der Waals surface area contributed by atoms with E-state index < -0.39 is 0 Å². The molecule has 0 atom stereocenters. The van der Waals surface area contributed by atoms with Crippen LogP contribution >= 0.6 is 0 Å². The minimum absolute atomic E-state index is 0.387. The molecular formula is C13H12N6O2. The summed E-state index contributed by atoms with van der Waals surface area (Å²) in [6.07, 6.45) is 6.25. The van der Waals surface area contributed by atoms with E-state index in [0.29, 0.717) is 23.3 Å². The topological polar surface area (TPSA) is 93.7 Å². The fraction of sp³-hybridized carbons (Fsp3) is 0.0769. The number of hydrogen-bond donors (Lipinski definition) is 1. The van der Waals surface area contributed by atoms with Gasteiger partial charge in [-0.1, -0.05) is 0 Å². The molecule has 106 valence electrons. The highest BCUT2D eigenvalue weighted by Gasteiger charge is 2.06. The average molecular weight is 284 g/mol. The highest BCUT2D eigenvalue weighted by Crippen LogP contribution is 2.07. The number of hydrazone groups is 1. The standard InChI is InChI=1S/C13H12N6O2/c1-10-16-18-13(17-14-8-11-4-2-6-20-11)19(10)15-9-12-5-3-7-21-12/h2-9H,1H3,(H,17,18). The molecular weight excluding hydrogens is 272 g/mol. The fourth-order valence-electron chi connectivity index (χ4n) is 1.56. The van der Waals surface area contributed by atoms with Gasteiger partial charge in [-0.05, 0) is 31.2 Å². The molecule has 0 aromatic carbocycles. The van der Waals surface area contributed by atoms with Crippen LogP contribution in [-0.4, -0.2) is 27.3 Å². The van der Waals surface area contributed by atoms with E-state index in [4.69, 9.17) is 8.83 Å². The Morgan fingerprint density at radius 1 is 1.10 bits per heavy atom. The summed E-state index contributed by atoms with van der Waals surface area (Å²) in [6.45, 7) is 1.79. The number of nitrogens with zero attached hydrogens (tertiary/aromatic N) is 5. The molecule has 0 unspecified atom stereocenters. The van der Waals surface area contributed by atoms with Crippen LogP contribution in [0.15, 0.2) is 55.8 Å². The van der Waals surface area contributed by atoms with E-state index in [1.54, 1.807) is 49.9 Å². The second-order valence-electron chi connectivity index (χ2n) is 4.03. The number of aryl methyl sites for hydroxylation is 1. The number of rotatable bonds is 5. The zero-order valence-electron chi connectivity index (χ0n) is 11.2. The molecule has 3 aromatic heterocycles. The highest BCUT2D eigenvalue weighted by molar-refractivity contribution is 5.76. The number of anilines is 1.